The van der Waals surface area contributed by atoms with Gasteiger partial charge in [-0.25, -0.2) is 4.98 Å². The molecule has 3 rings (SSSR count). The second kappa shape index (κ2) is 11.8. The zero-order valence-corrected chi connectivity index (χ0v) is 20.8. The zero-order valence-electron chi connectivity index (χ0n) is 19.1. The molecule has 0 atom stereocenters. The lowest BCUT2D eigenvalue weighted by Gasteiger charge is -2.12. The van der Waals surface area contributed by atoms with Crippen LogP contribution >= 0.6 is 23.6 Å². The second-order valence-electron chi connectivity index (χ2n) is 7.41. The lowest BCUT2D eigenvalue weighted by molar-refractivity contribution is 0.102. The molecule has 2 aromatic heterocycles. The molecule has 33 heavy (non-hydrogen) atoms. The number of H-pyrrole nitrogens is 1. The van der Waals surface area contributed by atoms with Gasteiger partial charge in [0.05, 0.1) is 24.3 Å². The van der Waals surface area contributed by atoms with Crippen molar-refractivity contribution in [2.45, 2.75) is 46.1 Å². The largest absolute Gasteiger partial charge is 0.493 e. The van der Waals surface area contributed by atoms with Crippen LogP contribution in [0.3, 0.4) is 0 Å². The van der Waals surface area contributed by atoms with Crippen molar-refractivity contribution >= 4 is 34.6 Å². The van der Waals surface area contributed by atoms with Crippen molar-refractivity contribution in [2.24, 2.45) is 0 Å². The first-order valence-electron chi connectivity index (χ1n) is 10.8. The monoisotopic (exact) mass is 487 g/mol. The molecule has 176 valence electrons. The van der Waals surface area contributed by atoms with E-state index in [-0.39, 0.29) is 5.91 Å². The van der Waals surface area contributed by atoms with Crippen LogP contribution in [-0.4, -0.2) is 39.4 Å². The van der Waals surface area contributed by atoms with E-state index >= 15 is 0 Å². The number of ether oxygens (including phenoxy) is 2. The van der Waals surface area contributed by atoms with Crippen molar-refractivity contribution in [3.63, 3.8) is 0 Å². The molecular formula is C23H29N5O3S2. The van der Waals surface area contributed by atoms with Gasteiger partial charge >= 0.3 is 0 Å². The Morgan fingerprint density at radius 3 is 2.88 bits per heavy atom. The van der Waals surface area contributed by atoms with E-state index in [0.717, 1.165) is 23.4 Å². The number of benzene rings is 1. The molecule has 3 aromatic rings. The van der Waals surface area contributed by atoms with Gasteiger partial charge in [0, 0.05) is 12.1 Å². The molecule has 10 heteroatoms. The number of nitrogens with zero attached hydrogens (tertiary/aromatic N) is 3. The molecule has 0 spiro atoms. The van der Waals surface area contributed by atoms with Gasteiger partial charge in [-0.05, 0) is 43.8 Å². The summed E-state index contributed by atoms with van der Waals surface area (Å²) in [4.78, 5) is 18.2. The number of hydrogen-bond donors (Lipinski definition) is 2. The molecule has 0 aliphatic carbocycles. The minimum Gasteiger partial charge on any atom is -0.493 e. The lowest BCUT2D eigenvalue weighted by atomic mass is 10.2. The summed E-state index contributed by atoms with van der Waals surface area (Å²) in [6.45, 7) is 8.95. The fourth-order valence-electron chi connectivity index (χ4n) is 3.26. The topological polar surface area (TPSA) is 94.1 Å². The molecule has 0 radical (unpaired) electrons. The summed E-state index contributed by atoms with van der Waals surface area (Å²) < 4.78 is 13.6. The van der Waals surface area contributed by atoms with Gasteiger partial charge in [0.1, 0.15) is 0 Å². The molecule has 0 fully saturated rings. The number of carbonyl (C=O) groups is 1. The summed E-state index contributed by atoms with van der Waals surface area (Å²) in [5, 5.41) is 10.5. The van der Waals surface area contributed by atoms with Crippen LogP contribution in [0.1, 0.15) is 48.7 Å². The number of aryl methyl sites for hydroxylation is 1. The number of thiazole rings is 1. The second-order valence-corrected chi connectivity index (χ2v) is 8.80. The number of aromatic nitrogens is 4. The molecular weight excluding hydrogens is 458 g/mol. The fraction of sp³-hybridized carbons (Fsp3) is 0.391. The smallest absolute Gasteiger partial charge is 0.257 e. The number of rotatable bonds is 12. The van der Waals surface area contributed by atoms with E-state index in [2.05, 4.69) is 34.0 Å². The van der Waals surface area contributed by atoms with Crippen LogP contribution in [0.15, 0.2) is 30.9 Å². The number of methoxy groups -OCH3 is 1. The molecule has 2 N–H and O–H groups in total. The third kappa shape index (κ3) is 6.08. The fourth-order valence-corrected chi connectivity index (χ4v) is 4.42. The zero-order chi connectivity index (χ0) is 23.8. The summed E-state index contributed by atoms with van der Waals surface area (Å²) in [6, 6.07) is 5.16. The molecule has 1 aromatic carbocycles. The average Bonchev–Trinajstić information content (AvgIpc) is 3.35. The third-order valence-corrected chi connectivity index (χ3v) is 6.35. The minimum atomic E-state index is -0.284. The van der Waals surface area contributed by atoms with Crippen molar-refractivity contribution in [3.8, 4) is 22.2 Å². The van der Waals surface area contributed by atoms with Gasteiger partial charge in [0.2, 0.25) is 0 Å². The quantitative estimate of drug-likeness (QED) is 0.191. The number of allylic oxidation sites excluding steroid dienone is 1. The number of carbonyl (C=O) groups excluding carboxylic acids is 1. The highest BCUT2D eigenvalue weighted by molar-refractivity contribution is 7.71. The average molecular weight is 488 g/mol. The Morgan fingerprint density at radius 1 is 1.33 bits per heavy atom. The maximum Gasteiger partial charge on any atom is 0.257 e. The van der Waals surface area contributed by atoms with Gasteiger partial charge in [-0.3, -0.25) is 19.8 Å². The van der Waals surface area contributed by atoms with E-state index in [4.69, 9.17) is 21.7 Å². The third-order valence-electron chi connectivity index (χ3n) is 4.97. The summed E-state index contributed by atoms with van der Waals surface area (Å²) >= 11 is 6.63. The van der Waals surface area contributed by atoms with E-state index in [0.29, 0.717) is 45.9 Å². The summed E-state index contributed by atoms with van der Waals surface area (Å²) in [5.74, 6) is 1.53. The molecule has 0 aliphatic heterocycles. The van der Waals surface area contributed by atoms with Crippen molar-refractivity contribution in [1.29, 1.82) is 0 Å². The predicted octanol–water partition coefficient (Wildman–Crippen LogP) is 5.78. The highest BCUT2D eigenvalue weighted by atomic mass is 32.1. The molecule has 0 bridgehead atoms. The Morgan fingerprint density at radius 2 is 2.15 bits per heavy atom. The minimum absolute atomic E-state index is 0.284. The van der Waals surface area contributed by atoms with Gasteiger partial charge in [-0.1, -0.05) is 43.6 Å². The van der Waals surface area contributed by atoms with E-state index in [1.807, 2.05) is 11.5 Å². The van der Waals surface area contributed by atoms with Crippen molar-refractivity contribution < 1.29 is 14.3 Å². The first-order chi connectivity index (χ1) is 16.0. The normalized spacial score (nSPS) is 10.8. The van der Waals surface area contributed by atoms with Crippen LogP contribution in [0.2, 0.25) is 0 Å². The predicted molar refractivity (Wildman–Crippen MR) is 134 cm³/mol. The molecule has 1 amide bonds. The Balaban J connectivity index is 1.72. The van der Waals surface area contributed by atoms with E-state index in [1.54, 1.807) is 31.4 Å². The number of hydrogen-bond acceptors (Lipinski definition) is 7. The molecule has 0 saturated heterocycles. The lowest BCUT2D eigenvalue weighted by Crippen LogP contribution is -2.12. The van der Waals surface area contributed by atoms with Crippen LogP contribution < -0.4 is 14.8 Å². The molecule has 0 saturated carbocycles. The van der Waals surface area contributed by atoms with Gasteiger partial charge in [-0.15, -0.1) is 6.58 Å². The van der Waals surface area contributed by atoms with Gasteiger partial charge in [-0.2, -0.15) is 5.10 Å². The highest BCUT2D eigenvalue weighted by Crippen LogP contribution is 2.33. The van der Waals surface area contributed by atoms with E-state index in [9.17, 15) is 4.79 Å². The first-order valence-corrected chi connectivity index (χ1v) is 12.1. The van der Waals surface area contributed by atoms with Crippen LogP contribution in [0.5, 0.6) is 11.5 Å². The summed E-state index contributed by atoms with van der Waals surface area (Å²) in [7, 11) is 1.56. The first kappa shape index (κ1) is 24.7. The van der Waals surface area contributed by atoms with Crippen molar-refractivity contribution in [1.82, 2.24) is 19.7 Å². The van der Waals surface area contributed by atoms with Crippen molar-refractivity contribution in [2.75, 3.05) is 19.0 Å². The van der Waals surface area contributed by atoms with Gasteiger partial charge < -0.3 is 9.47 Å². The van der Waals surface area contributed by atoms with E-state index in [1.165, 1.54) is 24.2 Å². The Hall–Kier alpha value is -2.98. The Labute approximate surface area is 202 Å². The van der Waals surface area contributed by atoms with E-state index < -0.39 is 0 Å². The number of unbranched alkanes of at least 4 members (excludes halogenated alkanes) is 3. The van der Waals surface area contributed by atoms with Gasteiger partial charge in [0.15, 0.2) is 27.2 Å². The molecule has 0 aliphatic rings. The number of aromatic amines is 1. The Bertz CT molecular complexity index is 1170. The van der Waals surface area contributed by atoms with Crippen LogP contribution in [0.25, 0.3) is 10.7 Å². The standard InChI is InChI=1S/C23H29N5O3S2/c1-5-7-8-9-13-31-17-11-10-16(14-18(17)30-4)21(29)25-22-24-15(3)19(33-22)20-26-27-23(32)28(20)12-6-2/h6,10-11,14H,2,5,7-9,12-13H2,1,3-4H3,(H,27,32)(H,24,25,29). The molecule has 2 heterocycles. The van der Waals surface area contributed by atoms with Crippen LogP contribution in [-0.2, 0) is 6.54 Å². The summed E-state index contributed by atoms with van der Waals surface area (Å²) in [5.41, 5.74) is 1.20. The molecule has 0 unspecified atom stereocenters. The summed E-state index contributed by atoms with van der Waals surface area (Å²) in [6.07, 6.45) is 6.24. The van der Waals surface area contributed by atoms with Crippen LogP contribution in [0.4, 0.5) is 5.13 Å². The highest BCUT2D eigenvalue weighted by Gasteiger charge is 2.18. The van der Waals surface area contributed by atoms with Crippen molar-refractivity contribution in [3.05, 3.63) is 46.9 Å². The maximum atomic E-state index is 12.9. The Kier molecular flexibility index (Phi) is 8.79. The van der Waals surface area contributed by atoms with Crippen LogP contribution in [0, 0.1) is 11.7 Å². The SMILES string of the molecule is C=CCn1c(-c2sc(NC(=O)c3ccc(OCCCCCC)c(OC)c3)nc2C)n[nH]c1=S. The molecule has 8 nitrogen and oxygen atoms in total. The number of nitrogens with one attached hydrogen (secondary N) is 2. The number of anilines is 1. The maximum absolute atomic E-state index is 12.9. The number of amides is 1. The van der Waals surface area contributed by atoms with Gasteiger partial charge in [0.25, 0.3) is 5.91 Å².